The van der Waals surface area contributed by atoms with Crippen LogP contribution in [0.5, 0.6) is 0 Å². The number of hydrogen-bond acceptors (Lipinski definition) is 4. The molecule has 0 saturated carbocycles. The normalized spacial score (nSPS) is 10.0. The first kappa shape index (κ1) is 14.6. The number of carbonyl (C=O) groups is 1. The second-order valence-corrected chi connectivity index (χ2v) is 3.34. The SMILES string of the molecule is O=C([O-])c1ccccc1/N=N/c1ccccc1.[Na+]. The van der Waals surface area contributed by atoms with Gasteiger partial charge < -0.3 is 9.90 Å². The van der Waals surface area contributed by atoms with Gasteiger partial charge in [-0.25, -0.2) is 0 Å². The molecule has 0 amide bonds. The molecule has 4 nitrogen and oxygen atoms in total. The monoisotopic (exact) mass is 248 g/mol. The van der Waals surface area contributed by atoms with Crippen LogP contribution in [0.2, 0.25) is 0 Å². The summed E-state index contributed by atoms with van der Waals surface area (Å²) >= 11 is 0. The summed E-state index contributed by atoms with van der Waals surface area (Å²) in [6.45, 7) is 0. The van der Waals surface area contributed by atoms with Gasteiger partial charge in [0.25, 0.3) is 0 Å². The smallest absolute Gasteiger partial charge is 0.545 e. The largest absolute Gasteiger partial charge is 1.00 e. The zero-order chi connectivity index (χ0) is 12.1. The number of aromatic carboxylic acids is 1. The molecule has 2 aromatic carbocycles. The Morgan fingerprint density at radius 3 is 2.17 bits per heavy atom. The van der Waals surface area contributed by atoms with Gasteiger partial charge in [0.1, 0.15) is 0 Å². The molecule has 0 bridgehead atoms. The Morgan fingerprint density at radius 1 is 0.889 bits per heavy atom. The van der Waals surface area contributed by atoms with Gasteiger partial charge in [0.05, 0.1) is 17.3 Å². The van der Waals surface area contributed by atoms with Crippen LogP contribution in [-0.4, -0.2) is 5.97 Å². The summed E-state index contributed by atoms with van der Waals surface area (Å²) < 4.78 is 0. The van der Waals surface area contributed by atoms with Crippen molar-refractivity contribution in [3.8, 4) is 0 Å². The summed E-state index contributed by atoms with van der Waals surface area (Å²) in [7, 11) is 0. The first-order chi connectivity index (χ1) is 8.27. The Labute approximate surface area is 127 Å². The average Bonchev–Trinajstić information content (AvgIpc) is 2.38. The third-order valence-corrected chi connectivity index (χ3v) is 2.15. The van der Waals surface area contributed by atoms with Crippen molar-refractivity contribution < 1.29 is 39.5 Å². The van der Waals surface area contributed by atoms with E-state index in [-0.39, 0.29) is 40.8 Å². The summed E-state index contributed by atoms with van der Waals surface area (Å²) in [5.41, 5.74) is 0.990. The second-order valence-electron chi connectivity index (χ2n) is 3.34. The van der Waals surface area contributed by atoms with Gasteiger partial charge in [-0.3, -0.25) is 0 Å². The molecule has 0 radical (unpaired) electrons. The van der Waals surface area contributed by atoms with Gasteiger partial charge in [0, 0.05) is 5.56 Å². The summed E-state index contributed by atoms with van der Waals surface area (Å²) in [5, 5.41) is 18.7. The van der Waals surface area contributed by atoms with Crippen molar-refractivity contribution in [2.75, 3.05) is 0 Å². The van der Waals surface area contributed by atoms with Gasteiger partial charge in [0.15, 0.2) is 0 Å². The third-order valence-electron chi connectivity index (χ3n) is 2.15. The van der Waals surface area contributed by atoms with Crippen LogP contribution in [0.1, 0.15) is 10.4 Å². The molecule has 0 heterocycles. The zero-order valence-electron chi connectivity index (χ0n) is 9.91. The first-order valence-electron chi connectivity index (χ1n) is 5.04. The Bertz CT molecular complexity index is 556. The van der Waals surface area contributed by atoms with Crippen LogP contribution in [0.4, 0.5) is 11.4 Å². The quantitative estimate of drug-likeness (QED) is 0.541. The molecule has 0 N–H and O–H groups in total. The molecule has 0 spiro atoms. The van der Waals surface area contributed by atoms with Crippen molar-refractivity contribution >= 4 is 17.3 Å². The molecular formula is C13H9N2NaO2. The molecule has 84 valence electrons. The number of benzene rings is 2. The Kier molecular flexibility index (Phi) is 5.71. The Balaban J connectivity index is 0.00000162. The van der Waals surface area contributed by atoms with Crippen molar-refractivity contribution in [3.63, 3.8) is 0 Å². The van der Waals surface area contributed by atoms with E-state index in [0.717, 1.165) is 0 Å². The molecule has 5 heteroatoms. The van der Waals surface area contributed by atoms with Crippen LogP contribution in [0, 0.1) is 0 Å². The number of carboxylic acid groups (broad SMARTS) is 1. The number of nitrogens with zero attached hydrogens (tertiary/aromatic N) is 2. The molecule has 2 rings (SSSR count). The number of carboxylic acids is 1. The van der Waals surface area contributed by atoms with Crippen LogP contribution in [0.25, 0.3) is 0 Å². The Hall–Kier alpha value is -1.49. The fourth-order valence-corrected chi connectivity index (χ4v) is 1.34. The third kappa shape index (κ3) is 3.77. The van der Waals surface area contributed by atoms with E-state index in [1.54, 1.807) is 30.3 Å². The predicted octanol–water partition coefficient (Wildman–Crippen LogP) is -0.531. The number of rotatable bonds is 3. The van der Waals surface area contributed by atoms with Crippen molar-refractivity contribution in [2.24, 2.45) is 10.2 Å². The minimum absolute atomic E-state index is 0. The van der Waals surface area contributed by atoms with Crippen LogP contribution >= 0.6 is 0 Å². The maximum absolute atomic E-state index is 10.8. The summed E-state index contributed by atoms with van der Waals surface area (Å²) in [4.78, 5) is 10.8. The minimum Gasteiger partial charge on any atom is -0.545 e. The summed E-state index contributed by atoms with van der Waals surface area (Å²) in [5.74, 6) is -1.26. The van der Waals surface area contributed by atoms with Crippen molar-refractivity contribution in [1.82, 2.24) is 0 Å². The van der Waals surface area contributed by atoms with Crippen molar-refractivity contribution in [3.05, 3.63) is 60.2 Å². The fourth-order valence-electron chi connectivity index (χ4n) is 1.34. The molecule has 0 saturated heterocycles. The molecule has 0 fully saturated rings. The molecule has 0 unspecified atom stereocenters. The van der Waals surface area contributed by atoms with Gasteiger partial charge in [-0.15, -0.1) is 5.11 Å². The number of carbonyl (C=O) groups excluding carboxylic acids is 1. The summed E-state index contributed by atoms with van der Waals surface area (Å²) in [6.07, 6.45) is 0. The predicted molar refractivity (Wildman–Crippen MR) is 61.4 cm³/mol. The van der Waals surface area contributed by atoms with Crippen molar-refractivity contribution in [1.29, 1.82) is 0 Å². The molecule has 0 aliphatic carbocycles. The summed E-state index contributed by atoms with van der Waals surface area (Å²) in [6, 6.07) is 15.4. The molecule has 0 aliphatic heterocycles. The number of hydrogen-bond donors (Lipinski definition) is 0. The molecule has 0 aromatic heterocycles. The van der Waals surface area contributed by atoms with Crippen LogP contribution < -0.4 is 34.7 Å². The van der Waals surface area contributed by atoms with E-state index < -0.39 is 5.97 Å². The molecule has 2 aromatic rings. The van der Waals surface area contributed by atoms with Gasteiger partial charge in [-0.1, -0.05) is 36.4 Å². The standard InChI is InChI=1S/C13H10N2O2.Na/c16-13(17)11-8-4-5-9-12(11)15-14-10-6-2-1-3-7-10;/h1-9H,(H,16,17);/q;+1/p-1/b15-14+;. The maximum Gasteiger partial charge on any atom is 1.00 e. The molecule has 0 atom stereocenters. The van der Waals surface area contributed by atoms with Gasteiger partial charge in [-0.05, 0) is 18.2 Å². The first-order valence-corrected chi connectivity index (χ1v) is 5.04. The van der Waals surface area contributed by atoms with E-state index in [0.29, 0.717) is 5.69 Å². The maximum atomic E-state index is 10.8. The minimum atomic E-state index is -1.26. The zero-order valence-corrected chi connectivity index (χ0v) is 11.9. The van der Waals surface area contributed by atoms with Gasteiger partial charge in [0.2, 0.25) is 0 Å². The van der Waals surface area contributed by atoms with Gasteiger partial charge in [-0.2, -0.15) is 5.11 Å². The van der Waals surface area contributed by atoms with E-state index in [2.05, 4.69) is 10.2 Å². The van der Waals surface area contributed by atoms with Crippen molar-refractivity contribution in [2.45, 2.75) is 0 Å². The fraction of sp³-hybridized carbons (Fsp3) is 0. The second kappa shape index (κ2) is 7.06. The van der Waals surface area contributed by atoms with E-state index in [1.165, 1.54) is 6.07 Å². The van der Waals surface area contributed by atoms with E-state index >= 15 is 0 Å². The van der Waals surface area contributed by atoms with Gasteiger partial charge >= 0.3 is 29.6 Å². The average molecular weight is 248 g/mol. The Morgan fingerprint density at radius 2 is 1.50 bits per heavy atom. The van der Waals surface area contributed by atoms with Crippen LogP contribution in [0.3, 0.4) is 0 Å². The van der Waals surface area contributed by atoms with E-state index in [9.17, 15) is 9.90 Å². The molecule has 18 heavy (non-hydrogen) atoms. The van der Waals surface area contributed by atoms with Crippen LogP contribution in [0.15, 0.2) is 64.8 Å². The molecule has 0 aliphatic rings. The van der Waals surface area contributed by atoms with Crippen LogP contribution in [-0.2, 0) is 0 Å². The topological polar surface area (TPSA) is 64.8 Å². The molecular weight excluding hydrogens is 239 g/mol. The van der Waals surface area contributed by atoms with E-state index in [1.807, 2.05) is 18.2 Å². The van der Waals surface area contributed by atoms with E-state index in [4.69, 9.17) is 0 Å². The number of azo groups is 1.